The van der Waals surface area contributed by atoms with Crippen LogP contribution in [0.4, 0.5) is 10.6 Å². The molecular formula is C15H22N6O. The molecule has 2 aromatic rings. The SMILES string of the molecule is CC(C)(C)c1ccc(NC(=O)NCCCn2cccn2)nn1. The lowest BCUT2D eigenvalue weighted by molar-refractivity contribution is 0.251. The number of hydrogen-bond donors (Lipinski definition) is 2. The highest BCUT2D eigenvalue weighted by atomic mass is 16.2. The van der Waals surface area contributed by atoms with Gasteiger partial charge in [-0.3, -0.25) is 10.00 Å². The van der Waals surface area contributed by atoms with E-state index in [-0.39, 0.29) is 11.4 Å². The fourth-order valence-corrected chi connectivity index (χ4v) is 1.84. The fraction of sp³-hybridized carbons (Fsp3) is 0.467. The summed E-state index contributed by atoms with van der Waals surface area (Å²) >= 11 is 0. The first-order chi connectivity index (χ1) is 10.4. The second kappa shape index (κ2) is 7.02. The first-order valence-electron chi connectivity index (χ1n) is 7.31. The van der Waals surface area contributed by atoms with E-state index in [1.165, 1.54) is 0 Å². The molecule has 0 aliphatic rings. The zero-order chi connectivity index (χ0) is 16.0. The van der Waals surface area contributed by atoms with Gasteiger partial charge in [-0.15, -0.1) is 5.10 Å². The van der Waals surface area contributed by atoms with E-state index in [2.05, 4.69) is 46.7 Å². The second-order valence-electron chi connectivity index (χ2n) is 6.06. The summed E-state index contributed by atoms with van der Waals surface area (Å²) < 4.78 is 1.83. The highest BCUT2D eigenvalue weighted by Crippen LogP contribution is 2.19. The summed E-state index contributed by atoms with van der Waals surface area (Å²) in [7, 11) is 0. The van der Waals surface area contributed by atoms with Crippen LogP contribution in [0.25, 0.3) is 0 Å². The molecule has 0 unspecified atom stereocenters. The molecule has 2 heterocycles. The molecule has 0 radical (unpaired) electrons. The van der Waals surface area contributed by atoms with E-state index in [4.69, 9.17) is 0 Å². The fourth-order valence-electron chi connectivity index (χ4n) is 1.84. The lowest BCUT2D eigenvalue weighted by Gasteiger charge is -2.16. The molecule has 0 aliphatic heterocycles. The molecule has 0 fully saturated rings. The Balaban J connectivity index is 1.72. The van der Waals surface area contributed by atoms with Crippen LogP contribution in [0, 0.1) is 0 Å². The number of carbonyl (C=O) groups excluding carboxylic acids is 1. The molecule has 2 rings (SSSR count). The van der Waals surface area contributed by atoms with Crippen LogP contribution in [0.15, 0.2) is 30.6 Å². The summed E-state index contributed by atoms with van der Waals surface area (Å²) in [6.45, 7) is 7.54. The van der Waals surface area contributed by atoms with Crippen LogP contribution in [0.3, 0.4) is 0 Å². The molecule has 7 nitrogen and oxygen atoms in total. The average Bonchev–Trinajstić information content (AvgIpc) is 2.96. The van der Waals surface area contributed by atoms with Crippen molar-refractivity contribution in [2.75, 3.05) is 11.9 Å². The molecule has 0 atom stereocenters. The van der Waals surface area contributed by atoms with Crippen LogP contribution in [0.2, 0.25) is 0 Å². The molecule has 2 amide bonds. The maximum absolute atomic E-state index is 11.7. The minimum absolute atomic E-state index is 0.0553. The van der Waals surface area contributed by atoms with Crippen molar-refractivity contribution >= 4 is 11.8 Å². The van der Waals surface area contributed by atoms with E-state index >= 15 is 0 Å². The topological polar surface area (TPSA) is 84.7 Å². The lowest BCUT2D eigenvalue weighted by Crippen LogP contribution is -2.30. The van der Waals surface area contributed by atoms with Gasteiger partial charge in [-0.2, -0.15) is 10.2 Å². The van der Waals surface area contributed by atoms with Crippen molar-refractivity contribution < 1.29 is 4.79 Å². The van der Waals surface area contributed by atoms with Crippen LogP contribution in [0.1, 0.15) is 32.9 Å². The molecule has 0 spiro atoms. The number of nitrogens with one attached hydrogen (secondary N) is 2. The summed E-state index contributed by atoms with van der Waals surface area (Å²) in [6.07, 6.45) is 4.44. The molecule has 0 aliphatic carbocycles. The molecule has 0 saturated carbocycles. The molecule has 118 valence electrons. The smallest absolute Gasteiger partial charge is 0.320 e. The van der Waals surface area contributed by atoms with Gasteiger partial charge in [0.25, 0.3) is 0 Å². The number of rotatable bonds is 5. The Labute approximate surface area is 130 Å². The zero-order valence-corrected chi connectivity index (χ0v) is 13.2. The Kier molecular flexibility index (Phi) is 5.08. The zero-order valence-electron chi connectivity index (χ0n) is 13.2. The highest BCUT2D eigenvalue weighted by Gasteiger charge is 2.15. The average molecular weight is 302 g/mol. The van der Waals surface area contributed by atoms with Crippen molar-refractivity contribution in [2.45, 2.75) is 39.2 Å². The largest absolute Gasteiger partial charge is 0.338 e. The van der Waals surface area contributed by atoms with Crippen molar-refractivity contribution in [3.05, 3.63) is 36.3 Å². The van der Waals surface area contributed by atoms with E-state index in [1.807, 2.05) is 23.0 Å². The van der Waals surface area contributed by atoms with E-state index < -0.39 is 0 Å². The van der Waals surface area contributed by atoms with E-state index in [1.54, 1.807) is 12.3 Å². The van der Waals surface area contributed by atoms with Gasteiger partial charge >= 0.3 is 6.03 Å². The third-order valence-electron chi connectivity index (χ3n) is 3.08. The minimum Gasteiger partial charge on any atom is -0.338 e. The van der Waals surface area contributed by atoms with Crippen molar-refractivity contribution in [3.8, 4) is 0 Å². The summed E-state index contributed by atoms with van der Waals surface area (Å²) in [4.78, 5) is 11.7. The van der Waals surface area contributed by atoms with Gasteiger partial charge < -0.3 is 5.32 Å². The maximum Gasteiger partial charge on any atom is 0.320 e. The first-order valence-corrected chi connectivity index (χ1v) is 7.31. The number of urea groups is 1. The summed E-state index contributed by atoms with van der Waals surface area (Å²) in [5.41, 5.74) is 0.831. The van der Waals surface area contributed by atoms with Crippen molar-refractivity contribution in [2.24, 2.45) is 0 Å². The van der Waals surface area contributed by atoms with Crippen molar-refractivity contribution in [3.63, 3.8) is 0 Å². The van der Waals surface area contributed by atoms with Gasteiger partial charge in [0, 0.05) is 30.9 Å². The van der Waals surface area contributed by atoms with Crippen LogP contribution in [-0.2, 0) is 12.0 Å². The maximum atomic E-state index is 11.7. The Morgan fingerprint density at radius 3 is 2.68 bits per heavy atom. The van der Waals surface area contributed by atoms with Crippen LogP contribution < -0.4 is 10.6 Å². The Morgan fingerprint density at radius 2 is 2.09 bits per heavy atom. The number of nitrogens with zero attached hydrogens (tertiary/aromatic N) is 4. The molecule has 0 bridgehead atoms. The van der Waals surface area contributed by atoms with Crippen LogP contribution >= 0.6 is 0 Å². The molecule has 0 aromatic carbocycles. The number of aromatic nitrogens is 4. The van der Waals surface area contributed by atoms with Gasteiger partial charge in [-0.25, -0.2) is 4.79 Å². The quantitative estimate of drug-likeness (QED) is 0.829. The van der Waals surface area contributed by atoms with E-state index in [0.29, 0.717) is 12.4 Å². The number of hydrogen-bond acceptors (Lipinski definition) is 4. The molecular weight excluding hydrogens is 280 g/mol. The van der Waals surface area contributed by atoms with Crippen molar-refractivity contribution in [1.82, 2.24) is 25.3 Å². The van der Waals surface area contributed by atoms with Gasteiger partial charge in [0.1, 0.15) is 0 Å². The predicted octanol–water partition coefficient (Wildman–Crippen LogP) is 2.18. The van der Waals surface area contributed by atoms with Gasteiger partial charge in [0.2, 0.25) is 0 Å². The van der Waals surface area contributed by atoms with Gasteiger partial charge in [-0.1, -0.05) is 20.8 Å². The Morgan fingerprint density at radius 1 is 1.27 bits per heavy atom. The second-order valence-corrected chi connectivity index (χ2v) is 6.06. The van der Waals surface area contributed by atoms with E-state index in [9.17, 15) is 4.79 Å². The predicted molar refractivity (Wildman–Crippen MR) is 84.6 cm³/mol. The lowest BCUT2D eigenvalue weighted by atomic mass is 9.92. The minimum atomic E-state index is -0.279. The first kappa shape index (κ1) is 15.9. The standard InChI is InChI=1S/C15H22N6O/c1-15(2,3)12-6-7-13(20-19-12)18-14(22)16-8-4-10-21-11-5-9-17-21/h5-7,9,11H,4,8,10H2,1-3H3,(H2,16,18,20,22). The summed E-state index contributed by atoms with van der Waals surface area (Å²) in [5.74, 6) is 0.442. The van der Waals surface area contributed by atoms with Crippen molar-refractivity contribution in [1.29, 1.82) is 0 Å². The number of carbonyl (C=O) groups is 1. The Bertz CT molecular complexity index is 585. The number of aryl methyl sites for hydroxylation is 1. The van der Waals surface area contributed by atoms with Crippen LogP contribution in [0.5, 0.6) is 0 Å². The van der Waals surface area contributed by atoms with Gasteiger partial charge in [-0.05, 0) is 24.6 Å². The van der Waals surface area contributed by atoms with Gasteiger partial charge in [0.05, 0.1) is 5.69 Å². The monoisotopic (exact) mass is 302 g/mol. The Hall–Kier alpha value is -2.44. The summed E-state index contributed by atoms with van der Waals surface area (Å²) in [6, 6.07) is 5.23. The van der Waals surface area contributed by atoms with Crippen LogP contribution in [-0.4, -0.2) is 32.6 Å². The number of anilines is 1. The summed E-state index contributed by atoms with van der Waals surface area (Å²) in [5, 5.41) is 17.7. The highest BCUT2D eigenvalue weighted by molar-refractivity contribution is 5.87. The number of amides is 2. The molecule has 22 heavy (non-hydrogen) atoms. The van der Waals surface area contributed by atoms with Gasteiger partial charge in [0.15, 0.2) is 5.82 Å². The molecule has 2 aromatic heterocycles. The third kappa shape index (κ3) is 4.83. The normalized spacial score (nSPS) is 11.2. The third-order valence-corrected chi connectivity index (χ3v) is 3.08. The van der Waals surface area contributed by atoms with E-state index in [0.717, 1.165) is 18.7 Å². The molecule has 2 N–H and O–H groups in total. The molecule has 0 saturated heterocycles. The molecule has 7 heteroatoms.